The molecule has 0 aliphatic carbocycles. The van der Waals surface area contributed by atoms with Crippen LogP contribution in [0.3, 0.4) is 0 Å². The summed E-state index contributed by atoms with van der Waals surface area (Å²) in [4.78, 5) is 4.14. The molecule has 6 heteroatoms. The first-order valence-electron chi connectivity index (χ1n) is 8.44. The highest BCUT2D eigenvalue weighted by atomic mass is 32.2. The topological polar surface area (TPSA) is 64.0 Å². The summed E-state index contributed by atoms with van der Waals surface area (Å²) in [5, 5.41) is 3.09. The van der Waals surface area contributed by atoms with Crippen LogP contribution in [-0.4, -0.2) is 24.4 Å². The molecule has 26 heavy (non-hydrogen) atoms. The summed E-state index contributed by atoms with van der Waals surface area (Å²) in [6.45, 7) is 6.66. The molecule has 2 heterocycles. The SMILES string of the molecule is CNCc1cc(-c2c(C)cc(C)cc2C)n(S(=O)(=O)c2cccnc2)c1. The maximum atomic E-state index is 13.2. The summed E-state index contributed by atoms with van der Waals surface area (Å²) < 4.78 is 27.9. The van der Waals surface area contributed by atoms with Crippen molar-refractivity contribution in [1.82, 2.24) is 14.3 Å². The van der Waals surface area contributed by atoms with Gasteiger partial charge in [0, 0.05) is 30.7 Å². The Kier molecular flexibility index (Phi) is 4.98. The summed E-state index contributed by atoms with van der Waals surface area (Å²) in [5.74, 6) is 0. The average molecular weight is 369 g/mol. The lowest BCUT2D eigenvalue weighted by Gasteiger charge is -2.15. The molecule has 0 radical (unpaired) electrons. The standard InChI is InChI=1S/C20H23N3O2S/c1-14-8-15(2)20(16(3)9-14)19-10-17(11-21-4)13-23(19)26(24,25)18-6-5-7-22-12-18/h5-10,12-13,21H,11H2,1-4H3. The van der Waals surface area contributed by atoms with Crippen LogP contribution >= 0.6 is 0 Å². The molecule has 0 aliphatic heterocycles. The van der Waals surface area contributed by atoms with E-state index in [9.17, 15) is 8.42 Å². The Balaban J connectivity index is 2.28. The number of nitrogens with zero attached hydrogens (tertiary/aromatic N) is 2. The fraction of sp³-hybridized carbons (Fsp3) is 0.250. The second-order valence-electron chi connectivity index (χ2n) is 6.53. The zero-order chi connectivity index (χ0) is 18.9. The fourth-order valence-electron chi connectivity index (χ4n) is 3.38. The van der Waals surface area contributed by atoms with Gasteiger partial charge < -0.3 is 5.32 Å². The molecule has 0 bridgehead atoms. The molecule has 136 valence electrons. The van der Waals surface area contributed by atoms with E-state index in [2.05, 4.69) is 22.4 Å². The molecule has 0 spiro atoms. The van der Waals surface area contributed by atoms with Crippen molar-refractivity contribution in [3.05, 3.63) is 71.2 Å². The van der Waals surface area contributed by atoms with Gasteiger partial charge in [0.1, 0.15) is 4.90 Å². The van der Waals surface area contributed by atoms with Crippen molar-refractivity contribution < 1.29 is 8.42 Å². The van der Waals surface area contributed by atoms with Crippen LogP contribution in [0.4, 0.5) is 0 Å². The van der Waals surface area contributed by atoms with E-state index in [1.165, 1.54) is 10.2 Å². The van der Waals surface area contributed by atoms with Gasteiger partial charge in [0.15, 0.2) is 0 Å². The third-order valence-corrected chi connectivity index (χ3v) is 6.01. The van der Waals surface area contributed by atoms with Gasteiger partial charge in [-0.15, -0.1) is 0 Å². The van der Waals surface area contributed by atoms with E-state index in [1.807, 2.05) is 33.9 Å². The predicted octanol–water partition coefficient (Wildman–Crippen LogP) is 3.43. The first-order valence-corrected chi connectivity index (χ1v) is 9.88. The van der Waals surface area contributed by atoms with E-state index < -0.39 is 10.0 Å². The summed E-state index contributed by atoms with van der Waals surface area (Å²) >= 11 is 0. The molecular formula is C20H23N3O2S. The van der Waals surface area contributed by atoms with Gasteiger partial charge in [0.25, 0.3) is 10.0 Å². The van der Waals surface area contributed by atoms with E-state index in [1.54, 1.807) is 24.5 Å². The first kappa shape index (κ1) is 18.4. The van der Waals surface area contributed by atoms with Gasteiger partial charge >= 0.3 is 0 Å². The van der Waals surface area contributed by atoms with E-state index in [4.69, 9.17) is 0 Å². The molecule has 1 N–H and O–H groups in total. The molecule has 5 nitrogen and oxygen atoms in total. The summed E-state index contributed by atoms with van der Waals surface area (Å²) in [5.41, 5.74) is 5.81. The van der Waals surface area contributed by atoms with Crippen LogP contribution in [0.2, 0.25) is 0 Å². The molecule has 0 atom stereocenters. The minimum Gasteiger partial charge on any atom is -0.316 e. The molecule has 0 aliphatic rings. The molecule has 3 rings (SSSR count). The third kappa shape index (κ3) is 3.30. The maximum Gasteiger partial charge on any atom is 0.269 e. The van der Waals surface area contributed by atoms with Crippen molar-refractivity contribution in [2.75, 3.05) is 7.05 Å². The van der Waals surface area contributed by atoms with E-state index in [0.717, 1.165) is 27.8 Å². The highest BCUT2D eigenvalue weighted by Gasteiger charge is 2.23. The highest BCUT2D eigenvalue weighted by molar-refractivity contribution is 7.90. The summed E-state index contributed by atoms with van der Waals surface area (Å²) in [7, 11) is -1.89. The number of pyridine rings is 1. The second-order valence-corrected chi connectivity index (χ2v) is 8.34. The quantitative estimate of drug-likeness (QED) is 0.748. The van der Waals surface area contributed by atoms with Crippen molar-refractivity contribution in [2.24, 2.45) is 0 Å². The monoisotopic (exact) mass is 369 g/mol. The number of hydrogen-bond acceptors (Lipinski definition) is 4. The third-order valence-electron chi connectivity index (χ3n) is 4.35. The van der Waals surface area contributed by atoms with Crippen LogP contribution in [0.1, 0.15) is 22.3 Å². The highest BCUT2D eigenvalue weighted by Crippen LogP contribution is 2.32. The number of nitrogens with one attached hydrogen (secondary N) is 1. The van der Waals surface area contributed by atoms with E-state index in [-0.39, 0.29) is 4.90 Å². The lowest BCUT2D eigenvalue weighted by Crippen LogP contribution is -2.14. The normalized spacial score (nSPS) is 11.7. The Morgan fingerprint density at radius 1 is 1.12 bits per heavy atom. The summed E-state index contributed by atoms with van der Waals surface area (Å²) in [6.07, 6.45) is 4.63. The molecular weight excluding hydrogens is 346 g/mol. The van der Waals surface area contributed by atoms with Crippen LogP contribution in [0, 0.1) is 20.8 Å². The molecule has 0 saturated carbocycles. The van der Waals surface area contributed by atoms with Crippen LogP contribution in [0.5, 0.6) is 0 Å². The average Bonchev–Trinajstić information content (AvgIpc) is 2.99. The number of rotatable bonds is 5. The molecule has 2 aromatic heterocycles. The largest absolute Gasteiger partial charge is 0.316 e. The lowest BCUT2D eigenvalue weighted by molar-refractivity contribution is 0.587. The number of aromatic nitrogens is 2. The van der Waals surface area contributed by atoms with Crippen molar-refractivity contribution >= 4 is 10.0 Å². The van der Waals surface area contributed by atoms with Gasteiger partial charge in [-0.1, -0.05) is 17.7 Å². The maximum absolute atomic E-state index is 13.2. The van der Waals surface area contributed by atoms with Gasteiger partial charge in [0.05, 0.1) is 5.69 Å². The molecule has 0 saturated heterocycles. The Hall–Kier alpha value is -2.44. The van der Waals surface area contributed by atoms with Crippen LogP contribution in [0.25, 0.3) is 11.3 Å². The van der Waals surface area contributed by atoms with Crippen molar-refractivity contribution in [3.8, 4) is 11.3 Å². The van der Waals surface area contributed by atoms with Crippen LogP contribution in [0.15, 0.2) is 53.8 Å². The number of hydrogen-bond donors (Lipinski definition) is 1. The van der Waals surface area contributed by atoms with Gasteiger partial charge in [-0.3, -0.25) is 4.98 Å². The van der Waals surface area contributed by atoms with Crippen molar-refractivity contribution in [1.29, 1.82) is 0 Å². The number of benzene rings is 1. The van der Waals surface area contributed by atoms with E-state index in [0.29, 0.717) is 12.2 Å². The van der Waals surface area contributed by atoms with E-state index >= 15 is 0 Å². The first-order chi connectivity index (χ1) is 12.3. The van der Waals surface area contributed by atoms with Crippen LogP contribution < -0.4 is 5.32 Å². The van der Waals surface area contributed by atoms with Gasteiger partial charge in [-0.25, -0.2) is 12.4 Å². The van der Waals surface area contributed by atoms with Gasteiger partial charge in [-0.05, 0) is 62.7 Å². The molecule has 0 unspecified atom stereocenters. The molecule has 0 amide bonds. The Morgan fingerprint density at radius 2 is 1.81 bits per heavy atom. The molecule has 3 aromatic rings. The summed E-state index contributed by atoms with van der Waals surface area (Å²) in [6, 6.07) is 9.29. The van der Waals surface area contributed by atoms with Crippen molar-refractivity contribution in [3.63, 3.8) is 0 Å². The lowest BCUT2D eigenvalue weighted by atomic mass is 9.97. The minimum absolute atomic E-state index is 0.176. The Bertz CT molecular complexity index is 1020. The van der Waals surface area contributed by atoms with Crippen molar-refractivity contribution in [2.45, 2.75) is 32.2 Å². The zero-order valence-electron chi connectivity index (χ0n) is 15.4. The fourth-order valence-corrected chi connectivity index (χ4v) is 4.72. The van der Waals surface area contributed by atoms with Gasteiger partial charge in [0.2, 0.25) is 0 Å². The zero-order valence-corrected chi connectivity index (χ0v) is 16.3. The smallest absolute Gasteiger partial charge is 0.269 e. The molecule has 1 aromatic carbocycles. The Morgan fingerprint density at radius 3 is 2.38 bits per heavy atom. The Labute approximate surface area is 154 Å². The minimum atomic E-state index is -3.73. The van der Waals surface area contributed by atoms with Crippen LogP contribution in [-0.2, 0) is 16.6 Å². The van der Waals surface area contributed by atoms with Gasteiger partial charge in [-0.2, -0.15) is 0 Å². The predicted molar refractivity (Wildman–Crippen MR) is 104 cm³/mol. The number of aryl methyl sites for hydroxylation is 3. The second kappa shape index (κ2) is 7.05. The molecule has 0 fully saturated rings.